The van der Waals surface area contributed by atoms with Crippen LogP contribution >= 0.6 is 34.9 Å². The lowest BCUT2D eigenvalue weighted by Gasteiger charge is -2.10. The summed E-state index contributed by atoms with van der Waals surface area (Å²) in [5, 5.41) is 10.8. The van der Waals surface area contributed by atoms with E-state index in [9.17, 15) is 9.59 Å². The highest BCUT2D eigenvalue weighted by molar-refractivity contribution is 8.03. The molecule has 2 amide bonds. The van der Waals surface area contributed by atoms with Crippen LogP contribution in [-0.2, 0) is 4.79 Å². The summed E-state index contributed by atoms with van der Waals surface area (Å²) in [5.74, 6) is 0.0726. The minimum Gasteiger partial charge on any atom is -0.345 e. The Morgan fingerprint density at radius 3 is 2.39 bits per heavy atom. The summed E-state index contributed by atoms with van der Waals surface area (Å²) in [6.45, 7) is 0. The number of anilines is 1. The quantitative estimate of drug-likeness (QED) is 0.790. The summed E-state index contributed by atoms with van der Waals surface area (Å²) in [7, 11) is 3.40. The van der Waals surface area contributed by atoms with E-state index in [1.807, 2.05) is 6.26 Å². The van der Waals surface area contributed by atoms with Crippen LogP contribution in [0.4, 0.5) is 5.69 Å². The van der Waals surface area contributed by atoms with Crippen molar-refractivity contribution in [3.8, 4) is 0 Å². The topological polar surface area (TPSA) is 75.2 Å². The predicted octanol–water partition coefficient (Wildman–Crippen LogP) is 2.69. The molecule has 1 N–H and O–H groups in total. The number of hydrogen-bond acceptors (Lipinski definition) is 7. The Morgan fingerprint density at radius 1 is 1.17 bits per heavy atom. The largest absolute Gasteiger partial charge is 0.345 e. The smallest absolute Gasteiger partial charge is 0.253 e. The maximum absolute atomic E-state index is 11.9. The van der Waals surface area contributed by atoms with Crippen molar-refractivity contribution < 1.29 is 9.59 Å². The molecule has 0 aliphatic heterocycles. The van der Waals surface area contributed by atoms with Crippen molar-refractivity contribution in [3.63, 3.8) is 0 Å². The van der Waals surface area contributed by atoms with Crippen molar-refractivity contribution >= 4 is 52.4 Å². The first-order valence-electron chi connectivity index (χ1n) is 6.61. The standard InChI is InChI=1S/C14H16N4O2S3/c1-18(2)12(20)9-4-6-10(7-5-9)15-11(19)8-22-14-17-16-13(21-3)23-14/h4-7H,8H2,1-3H3,(H,15,19). The van der Waals surface area contributed by atoms with Gasteiger partial charge in [0.15, 0.2) is 8.68 Å². The third kappa shape index (κ3) is 5.22. The summed E-state index contributed by atoms with van der Waals surface area (Å²) in [6, 6.07) is 6.83. The van der Waals surface area contributed by atoms with E-state index in [1.54, 1.807) is 38.4 Å². The monoisotopic (exact) mass is 368 g/mol. The highest BCUT2D eigenvalue weighted by Crippen LogP contribution is 2.27. The third-order valence-electron chi connectivity index (χ3n) is 2.71. The number of aromatic nitrogens is 2. The lowest BCUT2D eigenvalue weighted by Crippen LogP contribution is -2.21. The minimum absolute atomic E-state index is 0.0701. The van der Waals surface area contributed by atoms with Gasteiger partial charge in [-0.2, -0.15) is 0 Å². The van der Waals surface area contributed by atoms with Gasteiger partial charge in [0, 0.05) is 25.3 Å². The second-order valence-electron chi connectivity index (χ2n) is 4.65. The van der Waals surface area contributed by atoms with E-state index < -0.39 is 0 Å². The Labute approximate surface area is 147 Å². The van der Waals surface area contributed by atoms with Crippen LogP contribution in [0.15, 0.2) is 32.9 Å². The number of carbonyl (C=O) groups excluding carboxylic acids is 2. The Balaban J connectivity index is 1.86. The fourth-order valence-electron chi connectivity index (χ4n) is 1.62. The maximum atomic E-state index is 11.9. The molecule has 0 saturated heterocycles. The summed E-state index contributed by atoms with van der Waals surface area (Å²) in [6.07, 6.45) is 1.94. The van der Waals surface area contributed by atoms with Gasteiger partial charge in [-0.25, -0.2) is 0 Å². The van der Waals surface area contributed by atoms with E-state index >= 15 is 0 Å². The first-order valence-corrected chi connectivity index (χ1v) is 9.64. The third-order valence-corrected chi connectivity index (χ3v) is 5.74. The number of benzene rings is 1. The van der Waals surface area contributed by atoms with Gasteiger partial charge in [-0.15, -0.1) is 10.2 Å². The van der Waals surface area contributed by atoms with Gasteiger partial charge in [0.25, 0.3) is 5.91 Å². The normalized spacial score (nSPS) is 10.4. The molecule has 9 heteroatoms. The SMILES string of the molecule is CSc1nnc(SCC(=O)Nc2ccc(C(=O)N(C)C)cc2)s1. The Morgan fingerprint density at radius 2 is 1.83 bits per heavy atom. The molecule has 0 unspecified atom stereocenters. The molecule has 1 aromatic carbocycles. The summed E-state index contributed by atoms with van der Waals surface area (Å²) < 4.78 is 1.66. The predicted molar refractivity (Wildman–Crippen MR) is 95.5 cm³/mol. The number of thioether (sulfide) groups is 2. The molecule has 6 nitrogen and oxygen atoms in total. The zero-order valence-electron chi connectivity index (χ0n) is 12.9. The van der Waals surface area contributed by atoms with E-state index in [2.05, 4.69) is 15.5 Å². The molecule has 122 valence electrons. The number of rotatable bonds is 6. The maximum Gasteiger partial charge on any atom is 0.253 e. The molecular formula is C14H16N4O2S3. The van der Waals surface area contributed by atoms with Crippen molar-refractivity contribution in [1.29, 1.82) is 0 Å². The first-order chi connectivity index (χ1) is 11.0. The summed E-state index contributed by atoms with van der Waals surface area (Å²) in [5.41, 5.74) is 1.24. The van der Waals surface area contributed by atoms with E-state index in [0.717, 1.165) is 8.68 Å². The minimum atomic E-state index is -0.123. The van der Waals surface area contributed by atoms with Gasteiger partial charge in [0.1, 0.15) is 0 Å². The number of carbonyl (C=O) groups is 2. The fourth-order valence-corrected chi connectivity index (χ4v) is 3.85. The van der Waals surface area contributed by atoms with Crippen LogP contribution in [-0.4, -0.2) is 53.0 Å². The summed E-state index contributed by atoms with van der Waals surface area (Å²) in [4.78, 5) is 25.2. The average Bonchev–Trinajstić information content (AvgIpc) is 3.01. The highest BCUT2D eigenvalue weighted by atomic mass is 32.2. The molecule has 0 aliphatic rings. The van der Waals surface area contributed by atoms with Crippen LogP contribution in [0, 0.1) is 0 Å². The zero-order valence-corrected chi connectivity index (χ0v) is 15.3. The van der Waals surface area contributed by atoms with Gasteiger partial charge in [0.05, 0.1) is 5.75 Å². The van der Waals surface area contributed by atoms with Gasteiger partial charge in [-0.1, -0.05) is 34.9 Å². The summed E-state index contributed by atoms with van der Waals surface area (Å²) >= 11 is 4.36. The van der Waals surface area contributed by atoms with E-state index in [-0.39, 0.29) is 17.6 Å². The Kier molecular flexibility index (Phi) is 6.43. The van der Waals surface area contributed by atoms with Crippen molar-refractivity contribution in [1.82, 2.24) is 15.1 Å². The number of amides is 2. The molecule has 0 bridgehead atoms. The van der Waals surface area contributed by atoms with Crippen molar-refractivity contribution in [2.24, 2.45) is 0 Å². The molecule has 2 aromatic rings. The molecule has 0 atom stereocenters. The number of nitrogens with zero attached hydrogens (tertiary/aromatic N) is 3. The average molecular weight is 369 g/mol. The molecule has 2 rings (SSSR count). The van der Waals surface area contributed by atoms with Gasteiger partial charge in [0.2, 0.25) is 5.91 Å². The van der Waals surface area contributed by atoms with E-state index in [0.29, 0.717) is 11.3 Å². The van der Waals surface area contributed by atoms with Crippen LogP contribution in [0.5, 0.6) is 0 Å². The molecule has 0 aliphatic carbocycles. The molecule has 23 heavy (non-hydrogen) atoms. The van der Waals surface area contributed by atoms with Crippen LogP contribution in [0.25, 0.3) is 0 Å². The van der Waals surface area contributed by atoms with E-state index in [4.69, 9.17) is 0 Å². The Bertz CT molecular complexity index is 686. The second kappa shape index (κ2) is 8.32. The van der Waals surface area contributed by atoms with Crippen LogP contribution in [0.2, 0.25) is 0 Å². The van der Waals surface area contributed by atoms with Crippen LogP contribution < -0.4 is 5.32 Å². The number of nitrogens with one attached hydrogen (secondary N) is 1. The molecule has 1 aromatic heterocycles. The zero-order chi connectivity index (χ0) is 16.8. The van der Waals surface area contributed by atoms with Crippen molar-refractivity contribution in [2.75, 3.05) is 31.4 Å². The molecule has 0 saturated carbocycles. The van der Waals surface area contributed by atoms with Crippen molar-refractivity contribution in [3.05, 3.63) is 29.8 Å². The van der Waals surface area contributed by atoms with Crippen molar-refractivity contribution in [2.45, 2.75) is 8.68 Å². The highest BCUT2D eigenvalue weighted by Gasteiger charge is 2.10. The first kappa shape index (κ1) is 17.8. The van der Waals surface area contributed by atoms with Gasteiger partial charge in [-0.05, 0) is 30.5 Å². The molecule has 0 radical (unpaired) electrons. The molecule has 1 heterocycles. The molecule has 0 fully saturated rings. The Hall–Kier alpha value is -1.58. The van der Waals surface area contributed by atoms with E-state index in [1.165, 1.54) is 39.8 Å². The second-order valence-corrected chi connectivity index (χ2v) is 7.91. The van der Waals surface area contributed by atoms with Crippen LogP contribution in [0.1, 0.15) is 10.4 Å². The van der Waals surface area contributed by atoms with Crippen LogP contribution in [0.3, 0.4) is 0 Å². The van der Waals surface area contributed by atoms with Gasteiger partial charge < -0.3 is 10.2 Å². The van der Waals surface area contributed by atoms with Gasteiger partial charge >= 0.3 is 0 Å². The lowest BCUT2D eigenvalue weighted by atomic mass is 10.2. The number of hydrogen-bond donors (Lipinski definition) is 1. The molecule has 0 spiro atoms. The lowest BCUT2D eigenvalue weighted by molar-refractivity contribution is -0.113. The van der Waals surface area contributed by atoms with Gasteiger partial charge in [-0.3, -0.25) is 9.59 Å². The molecular weight excluding hydrogens is 352 g/mol. The fraction of sp³-hybridized carbons (Fsp3) is 0.286.